The third kappa shape index (κ3) is 4.73. The molecule has 0 unspecified atom stereocenters. The first-order chi connectivity index (χ1) is 12.9. The maximum Gasteiger partial charge on any atom is 0.291 e. The number of aryl methyl sites for hydroxylation is 1. The molecule has 27 heavy (non-hydrogen) atoms. The molecule has 1 N–H and O–H groups in total. The van der Waals surface area contributed by atoms with Gasteiger partial charge in [0, 0.05) is 22.3 Å². The molecular weight excluding hydrogens is 416 g/mol. The molecule has 0 radical (unpaired) electrons. The van der Waals surface area contributed by atoms with Crippen LogP contribution in [0.4, 0.5) is 11.4 Å². The van der Waals surface area contributed by atoms with E-state index in [1.807, 2.05) is 24.3 Å². The molecule has 1 amide bonds. The summed E-state index contributed by atoms with van der Waals surface area (Å²) in [6.07, 6.45) is 0. The zero-order valence-electron chi connectivity index (χ0n) is 14.3. The summed E-state index contributed by atoms with van der Waals surface area (Å²) in [5, 5.41) is 13.5. The second-order valence-corrected chi connectivity index (χ2v) is 6.63. The molecule has 0 fully saturated rings. The van der Waals surface area contributed by atoms with E-state index in [2.05, 4.69) is 21.2 Å². The van der Waals surface area contributed by atoms with Gasteiger partial charge in [-0.25, -0.2) is 0 Å². The minimum Gasteiger partial charge on any atom is -0.486 e. The summed E-state index contributed by atoms with van der Waals surface area (Å²) in [4.78, 5) is 22.6. The van der Waals surface area contributed by atoms with E-state index in [1.54, 1.807) is 19.1 Å². The van der Waals surface area contributed by atoms with E-state index in [-0.39, 0.29) is 18.1 Å². The van der Waals surface area contributed by atoms with Gasteiger partial charge in [-0.3, -0.25) is 14.9 Å². The van der Waals surface area contributed by atoms with Gasteiger partial charge in [-0.05, 0) is 55.0 Å². The van der Waals surface area contributed by atoms with Gasteiger partial charge in [0.1, 0.15) is 18.1 Å². The smallest absolute Gasteiger partial charge is 0.291 e. The van der Waals surface area contributed by atoms with Crippen LogP contribution in [0.5, 0.6) is 5.75 Å². The molecule has 0 bridgehead atoms. The Morgan fingerprint density at radius 1 is 1.19 bits per heavy atom. The third-order valence-electron chi connectivity index (χ3n) is 3.75. The summed E-state index contributed by atoms with van der Waals surface area (Å²) in [5.74, 6) is 0.870. The number of nitro groups is 1. The molecule has 0 atom stereocenters. The Hall–Kier alpha value is -3.13. The zero-order valence-corrected chi connectivity index (χ0v) is 15.9. The summed E-state index contributed by atoms with van der Waals surface area (Å²) >= 11 is 3.35. The van der Waals surface area contributed by atoms with Crippen LogP contribution in [-0.2, 0) is 6.61 Å². The van der Waals surface area contributed by atoms with Gasteiger partial charge in [-0.1, -0.05) is 15.9 Å². The normalized spacial score (nSPS) is 10.4. The van der Waals surface area contributed by atoms with E-state index in [4.69, 9.17) is 9.15 Å². The van der Waals surface area contributed by atoms with E-state index < -0.39 is 10.8 Å². The first kappa shape index (κ1) is 18.7. The fourth-order valence-corrected chi connectivity index (χ4v) is 2.61. The molecule has 0 saturated heterocycles. The Morgan fingerprint density at radius 2 is 1.93 bits per heavy atom. The molecule has 7 nitrogen and oxygen atoms in total. The highest BCUT2D eigenvalue weighted by molar-refractivity contribution is 9.10. The van der Waals surface area contributed by atoms with Crippen LogP contribution in [0.25, 0.3) is 0 Å². The number of halogens is 1. The van der Waals surface area contributed by atoms with Crippen molar-refractivity contribution in [3.63, 3.8) is 0 Å². The van der Waals surface area contributed by atoms with E-state index in [1.165, 1.54) is 18.2 Å². The molecule has 1 aromatic heterocycles. The average molecular weight is 431 g/mol. The van der Waals surface area contributed by atoms with E-state index in [9.17, 15) is 14.9 Å². The van der Waals surface area contributed by atoms with Gasteiger partial charge in [0.05, 0.1) is 4.92 Å². The molecule has 0 aliphatic heterocycles. The number of nitrogens with zero attached hydrogens (tertiary/aromatic N) is 1. The fraction of sp³-hybridized carbons (Fsp3) is 0.105. The Balaban J connectivity index is 1.63. The molecule has 3 rings (SSSR count). The van der Waals surface area contributed by atoms with Gasteiger partial charge >= 0.3 is 0 Å². The van der Waals surface area contributed by atoms with Crippen molar-refractivity contribution in [2.75, 3.05) is 5.32 Å². The fourth-order valence-electron chi connectivity index (χ4n) is 2.35. The van der Waals surface area contributed by atoms with Gasteiger partial charge in [0.2, 0.25) is 0 Å². The summed E-state index contributed by atoms with van der Waals surface area (Å²) < 4.78 is 12.1. The largest absolute Gasteiger partial charge is 0.486 e. The second-order valence-electron chi connectivity index (χ2n) is 5.72. The number of hydrogen-bond acceptors (Lipinski definition) is 5. The molecule has 2 aromatic carbocycles. The topological polar surface area (TPSA) is 94.6 Å². The molecule has 1 heterocycles. The highest BCUT2D eigenvalue weighted by atomic mass is 79.9. The number of anilines is 1. The van der Waals surface area contributed by atoms with Crippen molar-refractivity contribution in [1.82, 2.24) is 0 Å². The van der Waals surface area contributed by atoms with Crippen molar-refractivity contribution in [3.05, 3.63) is 86.3 Å². The first-order valence-electron chi connectivity index (χ1n) is 7.96. The third-order valence-corrected chi connectivity index (χ3v) is 4.28. The van der Waals surface area contributed by atoms with E-state index >= 15 is 0 Å². The van der Waals surface area contributed by atoms with Crippen LogP contribution >= 0.6 is 15.9 Å². The number of rotatable bonds is 6. The van der Waals surface area contributed by atoms with Gasteiger partial charge in [-0.15, -0.1) is 0 Å². The maximum atomic E-state index is 12.3. The number of benzene rings is 2. The summed E-state index contributed by atoms with van der Waals surface area (Å²) in [5.41, 5.74) is 1.04. The first-order valence-corrected chi connectivity index (χ1v) is 8.75. The molecule has 0 saturated carbocycles. The standard InChI is InChI=1S/C19H15BrN2O5/c1-12-10-14(22(24)25)4-8-17(12)21-19(23)18-9-7-16(27-18)11-26-15-5-2-13(20)3-6-15/h2-10H,11H2,1H3,(H,21,23). The number of nitrogens with one attached hydrogen (secondary N) is 1. The predicted molar refractivity (Wildman–Crippen MR) is 103 cm³/mol. The summed E-state index contributed by atoms with van der Waals surface area (Å²) in [6.45, 7) is 1.87. The molecule has 0 spiro atoms. The molecule has 0 aliphatic rings. The Bertz CT molecular complexity index is 982. The van der Waals surface area contributed by atoms with Crippen molar-refractivity contribution in [1.29, 1.82) is 0 Å². The highest BCUT2D eigenvalue weighted by Gasteiger charge is 2.14. The lowest BCUT2D eigenvalue weighted by Crippen LogP contribution is -2.12. The number of furan rings is 1. The monoisotopic (exact) mass is 430 g/mol. The SMILES string of the molecule is Cc1cc([N+](=O)[O-])ccc1NC(=O)c1ccc(COc2ccc(Br)cc2)o1. The zero-order chi connectivity index (χ0) is 19.4. The maximum absolute atomic E-state index is 12.3. The number of carbonyl (C=O) groups excluding carboxylic acids is 1. The van der Waals surface area contributed by atoms with Crippen LogP contribution < -0.4 is 10.1 Å². The van der Waals surface area contributed by atoms with Crippen molar-refractivity contribution < 1.29 is 18.9 Å². The molecule has 8 heteroatoms. The van der Waals surface area contributed by atoms with Crippen LogP contribution in [0.15, 0.2) is 63.5 Å². The predicted octanol–water partition coefficient (Wildman–Crippen LogP) is 5.09. The Kier molecular flexibility index (Phi) is 5.56. The molecule has 138 valence electrons. The van der Waals surface area contributed by atoms with Crippen LogP contribution in [0.2, 0.25) is 0 Å². The quantitative estimate of drug-likeness (QED) is 0.433. The Morgan fingerprint density at radius 3 is 2.59 bits per heavy atom. The number of carbonyl (C=O) groups is 1. The van der Waals surface area contributed by atoms with Crippen LogP contribution in [0.1, 0.15) is 21.9 Å². The lowest BCUT2D eigenvalue weighted by molar-refractivity contribution is -0.384. The van der Waals surface area contributed by atoms with Crippen molar-refractivity contribution in [3.8, 4) is 5.75 Å². The molecular formula is C19H15BrN2O5. The van der Waals surface area contributed by atoms with Gasteiger partial charge in [-0.2, -0.15) is 0 Å². The van der Waals surface area contributed by atoms with E-state index in [0.717, 1.165) is 4.47 Å². The minimum absolute atomic E-state index is 0.0316. The lowest BCUT2D eigenvalue weighted by atomic mass is 10.2. The van der Waals surface area contributed by atoms with Crippen molar-refractivity contribution in [2.45, 2.75) is 13.5 Å². The number of hydrogen-bond donors (Lipinski definition) is 1. The van der Waals surface area contributed by atoms with Gasteiger partial charge < -0.3 is 14.5 Å². The van der Waals surface area contributed by atoms with Gasteiger partial charge in [0.25, 0.3) is 11.6 Å². The highest BCUT2D eigenvalue weighted by Crippen LogP contribution is 2.22. The van der Waals surface area contributed by atoms with Crippen LogP contribution in [-0.4, -0.2) is 10.8 Å². The second kappa shape index (κ2) is 8.05. The number of ether oxygens (including phenoxy) is 1. The minimum atomic E-state index is -0.483. The van der Waals surface area contributed by atoms with Crippen LogP contribution in [0.3, 0.4) is 0 Å². The molecule has 3 aromatic rings. The summed E-state index contributed by atoms with van der Waals surface area (Å²) in [6, 6.07) is 14.8. The van der Waals surface area contributed by atoms with Crippen LogP contribution in [0, 0.1) is 17.0 Å². The number of nitro benzene ring substituents is 1. The number of non-ortho nitro benzene ring substituents is 1. The van der Waals surface area contributed by atoms with Crippen molar-refractivity contribution in [2.24, 2.45) is 0 Å². The summed E-state index contributed by atoms with van der Waals surface area (Å²) in [7, 11) is 0. The average Bonchev–Trinajstić information content (AvgIpc) is 3.12. The Labute approximate surface area is 163 Å². The van der Waals surface area contributed by atoms with E-state index in [0.29, 0.717) is 22.8 Å². The molecule has 0 aliphatic carbocycles. The van der Waals surface area contributed by atoms with Crippen molar-refractivity contribution >= 4 is 33.2 Å². The lowest BCUT2D eigenvalue weighted by Gasteiger charge is -2.07. The van der Waals surface area contributed by atoms with Gasteiger partial charge in [0.15, 0.2) is 5.76 Å². The number of amides is 1.